The Morgan fingerprint density at radius 3 is 2.00 bits per heavy atom. The molecule has 206 valence electrons. The fourth-order valence-corrected chi connectivity index (χ4v) is 6.15. The molecule has 0 fully saturated rings. The Labute approximate surface area is 245 Å². The van der Waals surface area contributed by atoms with Crippen LogP contribution in [-0.4, -0.2) is 32.7 Å². The topological polar surface area (TPSA) is 9.72 Å². The van der Waals surface area contributed by atoms with E-state index >= 15 is 0 Å². The fourth-order valence-electron chi connectivity index (χ4n) is 6.15. The summed E-state index contributed by atoms with van der Waals surface area (Å²) in [5.74, 6) is 0. The number of hydrogen-bond donors (Lipinski definition) is 0. The van der Waals surface area contributed by atoms with Crippen molar-refractivity contribution in [3.63, 3.8) is 0 Å². The van der Waals surface area contributed by atoms with Gasteiger partial charge in [0.15, 0.2) is 0 Å². The van der Waals surface area contributed by atoms with E-state index < -0.39 is 0 Å². The van der Waals surface area contributed by atoms with Crippen LogP contribution >= 0.6 is 0 Å². The molecule has 0 atom stereocenters. The first kappa shape index (κ1) is 26.7. The van der Waals surface area contributed by atoms with Crippen molar-refractivity contribution < 1.29 is 0 Å². The molecule has 3 heterocycles. The second kappa shape index (κ2) is 11.9. The number of anilines is 3. The first-order chi connectivity index (χ1) is 20.2. The van der Waals surface area contributed by atoms with Gasteiger partial charge < -0.3 is 14.7 Å². The van der Waals surface area contributed by atoms with E-state index in [1.54, 1.807) is 0 Å². The number of benzene rings is 3. The van der Waals surface area contributed by atoms with Crippen molar-refractivity contribution in [2.75, 3.05) is 47.4 Å². The lowest BCUT2D eigenvalue weighted by Crippen LogP contribution is -2.26. The first-order valence-electron chi connectivity index (χ1n) is 15.0. The second-order valence-electron chi connectivity index (χ2n) is 10.6. The van der Waals surface area contributed by atoms with Crippen molar-refractivity contribution in [2.45, 2.75) is 20.8 Å². The van der Waals surface area contributed by atoms with Gasteiger partial charge in [-0.2, -0.15) is 0 Å². The molecule has 0 spiro atoms. The number of likely N-dealkylation sites (N-methyl/N-ethyl adjacent to an activating group) is 2. The molecule has 3 aromatic carbocycles. The van der Waals surface area contributed by atoms with Crippen molar-refractivity contribution >= 4 is 33.8 Å². The minimum Gasteiger partial charge on any atom is -0.368 e. The summed E-state index contributed by atoms with van der Waals surface area (Å²) in [5.41, 5.74) is 12.8. The van der Waals surface area contributed by atoms with E-state index in [9.17, 15) is 0 Å². The average Bonchev–Trinajstić information content (AvgIpc) is 3.04. The third-order valence-electron chi connectivity index (χ3n) is 8.40. The number of fused-ring (bicyclic) bond motifs is 3. The molecule has 0 amide bonds. The largest absolute Gasteiger partial charge is 0.368 e. The normalized spacial score (nSPS) is 17.4. The highest BCUT2D eigenvalue weighted by molar-refractivity contribution is 5.93. The predicted octanol–water partition coefficient (Wildman–Crippen LogP) is 8.75. The highest BCUT2D eigenvalue weighted by Gasteiger charge is 2.20. The molecule has 0 saturated heterocycles. The number of para-hydroxylation sites is 3. The molecule has 0 aromatic heterocycles. The maximum Gasteiger partial charge on any atom is 0.0485 e. The quantitative estimate of drug-likeness (QED) is 0.279. The minimum atomic E-state index is 0.912. The van der Waals surface area contributed by atoms with Gasteiger partial charge in [-0.15, -0.1) is 0 Å². The summed E-state index contributed by atoms with van der Waals surface area (Å²) in [5, 5.41) is 0. The second-order valence-corrected chi connectivity index (χ2v) is 10.6. The number of rotatable bonds is 7. The summed E-state index contributed by atoms with van der Waals surface area (Å²) in [7, 11) is 0. The zero-order valence-electron chi connectivity index (χ0n) is 24.4. The Kier molecular flexibility index (Phi) is 7.78. The zero-order valence-corrected chi connectivity index (χ0v) is 24.4. The molecule has 0 unspecified atom stereocenters. The maximum atomic E-state index is 2.44. The van der Waals surface area contributed by atoms with Crippen LogP contribution in [0, 0.1) is 0 Å². The van der Waals surface area contributed by atoms with Gasteiger partial charge in [-0.05, 0) is 67.3 Å². The summed E-state index contributed by atoms with van der Waals surface area (Å²) in [6.45, 7) is 11.5. The Morgan fingerprint density at radius 1 is 0.683 bits per heavy atom. The van der Waals surface area contributed by atoms with Gasteiger partial charge in [0.05, 0.1) is 0 Å². The molecule has 0 N–H and O–H groups in total. The molecule has 3 aliphatic heterocycles. The monoisotopic (exact) mass is 537 g/mol. The van der Waals surface area contributed by atoms with E-state index in [4.69, 9.17) is 0 Å². The van der Waals surface area contributed by atoms with Gasteiger partial charge >= 0.3 is 0 Å². The molecular formula is C38H39N3. The van der Waals surface area contributed by atoms with Crippen molar-refractivity contribution in [1.29, 1.82) is 0 Å². The summed E-state index contributed by atoms with van der Waals surface area (Å²) in [6.07, 6.45) is 18.4. The van der Waals surface area contributed by atoms with E-state index in [-0.39, 0.29) is 0 Å². The van der Waals surface area contributed by atoms with E-state index in [2.05, 4.69) is 157 Å². The van der Waals surface area contributed by atoms with Crippen LogP contribution in [0.3, 0.4) is 0 Å². The highest BCUT2D eigenvalue weighted by atomic mass is 15.1. The van der Waals surface area contributed by atoms with Gasteiger partial charge in [0, 0.05) is 72.7 Å². The molecule has 3 nitrogen and oxygen atoms in total. The van der Waals surface area contributed by atoms with E-state index in [0.717, 1.165) is 32.7 Å². The number of hydrogen-bond acceptors (Lipinski definition) is 3. The van der Waals surface area contributed by atoms with Crippen LogP contribution in [0.4, 0.5) is 17.1 Å². The van der Waals surface area contributed by atoms with Crippen molar-refractivity contribution in [3.8, 4) is 0 Å². The smallest absolute Gasteiger partial charge is 0.0485 e. The van der Waals surface area contributed by atoms with Gasteiger partial charge in [0.1, 0.15) is 0 Å². The third-order valence-corrected chi connectivity index (χ3v) is 8.40. The average molecular weight is 538 g/mol. The third kappa shape index (κ3) is 5.20. The van der Waals surface area contributed by atoms with Crippen LogP contribution in [0.5, 0.6) is 0 Å². The molecule has 0 radical (unpaired) electrons. The first-order valence-corrected chi connectivity index (χ1v) is 15.0. The molecule has 6 rings (SSSR count). The Morgan fingerprint density at radius 2 is 1.29 bits per heavy atom. The Balaban J connectivity index is 1.44. The molecule has 41 heavy (non-hydrogen) atoms. The van der Waals surface area contributed by atoms with Crippen LogP contribution in [0.2, 0.25) is 0 Å². The molecule has 3 heteroatoms. The van der Waals surface area contributed by atoms with Gasteiger partial charge in [0.2, 0.25) is 0 Å². The van der Waals surface area contributed by atoms with Crippen LogP contribution in [-0.2, 0) is 0 Å². The minimum absolute atomic E-state index is 0.912. The van der Waals surface area contributed by atoms with Crippen molar-refractivity contribution in [3.05, 3.63) is 144 Å². The summed E-state index contributed by atoms with van der Waals surface area (Å²) >= 11 is 0. The van der Waals surface area contributed by atoms with Crippen LogP contribution in [0.25, 0.3) is 16.7 Å². The van der Waals surface area contributed by atoms with Crippen molar-refractivity contribution in [1.82, 2.24) is 0 Å². The number of nitrogens with zero attached hydrogens (tertiary/aromatic N) is 3. The lowest BCUT2D eigenvalue weighted by atomic mass is 9.90. The highest BCUT2D eigenvalue weighted by Crippen LogP contribution is 2.38. The summed E-state index contributed by atoms with van der Waals surface area (Å²) in [4.78, 5) is 7.18. The van der Waals surface area contributed by atoms with Gasteiger partial charge in [-0.25, -0.2) is 0 Å². The van der Waals surface area contributed by atoms with E-state index in [1.807, 2.05) is 0 Å². The molecular weight excluding hydrogens is 498 g/mol. The molecule has 0 bridgehead atoms. The molecule has 0 saturated carbocycles. The zero-order chi connectivity index (χ0) is 28.2. The Hall–Kier alpha value is -4.50. The van der Waals surface area contributed by atoms with Crippen LogP contribution in [0.15, 0.2) is 127 Å². The van der Waals surface area contributed by atoms with E-state index in [0.29, 0.717) is 0 Å². The standard InChI is InChI=1S/C38H39N3/c1-4-39-26-23-30(33-13-7-10-16-36(33)39)21-19-29(32-25-28-41(6-3)38-18-12-9-15-35(32)38)20-22-31-24-27-40(5-2)37-17-11-8-14-34(31)37/h7-26H,4-6,27-28H2,1-3H3. The molecule has 3 aromatic rings. The lowest BCUT2D eigenvalue weighted by Gasteiger charge is -2.30. The maximum absolute atomic E-state index is 2.44. The number of allylic oxidation sites excluding steroid dienone is 9. The molecule has 3 aliphatic rings. The SMILES string of the molecule is CCN1C=CC(=CC=C(C=CC2=CCN(CC)c3ccccc32)C2=CCN(CC)c3ccccc32)c2ccccc21. The van der Waals surface area contributed by atoms with Crippen molar-refractivity contribution in [2.24, 2.45) is 0 Å². The van der Waals surface area contributed by atoms with Crippen LogP contribution < -0.4 is 14.7 Å². The predicted molar refractivity (Wildman–Crippen MR) is 178 cm³/mol. The molecule has 0 aliphatic carbocycles. The summed E-state index contributed by atoms with van der Waals surface area (Å²) in [6, 6.07) is 26.3. The van der Waals surface area contributed by atoms with Gasteiger partial charge in [0.25, 0.3) is 0 Å². The van der Waals surface area contributed by atoms with Crippen LogP contribution in [0.1, 0.15) is 37.5 Å². The van der Waals surface area contributed by atoms with Gasteiger partial charge in [-0.1, -0.05) is 91.1 Å². The lowest BCUT2D eigenvalue weighted by molar-refractivity contribution is 0.895. The van der Waals surface area contributed by atoms with E-state index in [1.165, 1.54) is 56.0 Å². The Bertz CT molecular complexity index is 1610. The van der Waals surface area contributed by atoms with Gasteiger partial charge in [-0.3, -0.25) is 0 Å². The fraction of sp³-hybridized carbons (Fsp3) is 0.211. The summed E-state index contributed by atoms with van der Waals surface area (Å²) < 4.78 is 0.